The van der Waals surface area contributed by atoms with Crippen LogP contribution in [0.3, 0.4) is 0 Å². The fourth-order valence-electron chi connectivity index (χ4n) is 1.47. The van der Waals surface area contributed by atoms with Gasteiger partial charge >= 0.3 is 0 Å². The summed E-state index contributed by atoms with van der Waals surface area (Å²) in [5.41, 5.74) is 0.692. The fraction of sp³-hybridized carbons (Fsp3) is 0.231. The van der Waals surface area contributed by atoms with Crippen molar-refractivity contribution in [3.8, 4) is 5.69 Å². The molecule has 100 valence electrons. The van der Waals surface area contributed by atoms with Gasteiger partial charge in [-0.2, -0.15) is 0 Å². The summed E-state index contributed by atoms with van der Waals surface area (Å²) in [6, 6.07) is 6.26. The van der Waals surface area contributed by atoms with E-state index in [2.05, 4.69) is 4.98 Å². The van der Waals surface area contributed by atoms with Crippen molar-refractivity contribution in [2.75, 3.05) is 19.8 Å². The average Bonchev–Trinajstić information content (AvgIpc) is 2.84. The van der Waals surface area contributed by atoms with E-state index in [9.17, 15) is 9.18 Å². The number of hydrogen-bond acceptors (Lipinski definition) is 3. The smallest absolute Gasteiger partial charge is 0.232 e. The van der Waals surface area contributed by atoms with Crippen LogP contribution in [-0.2, 0) is 4.79 Å². The quantitative estimate of drug-likeness (QED) is 0.805. The normalized spacial score (nSPS) is 10.5. The van der Waals surface area contributed by atoms with Crippen LogP contribution in [0.15, 0.2) is 41.8 Å². The highest BCUT2D eigenvalue weighted by Crippen LogP contribution is 2.20. The molecule has 0 saturated heterocycles. The third-order valence-electron chi connectivity index (χ3n) is 2.52. The van der Waals surface area contributed by atoms with Crippen molar-refractivity contribution in [3.63, 3.8) is 0 Å². The molecule has 1 heterocycles. The van der Waals surface area contributed by atoms with Gasteiger partial charge in [0.2, 0.25) is 5.91 Å². The van der Waals surface area contributed by atoms with E-state index < -0.39 is 0 Å². The maximum Gasteiger partial charge on any atom is 0.232 e. The molecule has 0 radical (unpaired) electrons. The molecule has 0 unspecified atom stereocenters. The number of hydrogen-bond donors (Lipinski definition) is 0. The van der Waals surface area contributed by atoms with Gasteiger partial charge in [0.25, 0.3) is 0 Å². The standard InChI is InChI=1S/C13H14FN3OS/c1-16(2)12(18)9-19-13-15-6-7-17(13)11-5-3-4-10(14)8-11/h3-8H,9H2,1-2H3. The highest BCUT2D eigenvalue weighted by Gasteiger charge is 2.10. The Morgan fingerprint density at radius 1 is 1.47 bits per heavy atom. The van der Waals surface area contributed by atoms with Crippen LogP contribution < -0.4 is 0 Å². The Hall–Kier alpha value is -1.82. The van der Waals surface area contributed by atoms with E-state index in [1.807, 2.05) is 0 Å². The van der Waals surface area contributed by atoms with Crippen molar-refractivity contribution in [1.29, 1.82) is 0 Å². The maximum atomic E-state index is 13.2. The predicted molar refractivity (Wildman–Crippen MR) is 72.9 cm³/mol. The molecule has 19 heavy (non-hydrogen) atoms. The summed E-state index contributed by atoms with van der Waals surface area (Å²) in [5.74, 6) is 0.0181. The Bertz CT molecular complexity index is 583. The number of amides is 1. The van der Waals surface area contributed by atoms with Gasteiger partial charge in [-0.05, 0) is 18.2 Å². The van der Waals surface area contributed by atoms with E-state index in [4.69, 9.17) is 0 Å². The molecule has 0 N–H and O–H groups in total. The van der Waals surface area contributed by atoms with Crippen LogP contribution in [-0.4, -0.2) is 40.2 Å². The van der Waals surface area contributed by atoms with Crippen LogP contribution in [0.5, 0.6) is 0 Å². The summed E-state index contributed by atoms with van der Waals surface area (Å²) >= 11 is 1.33. The zero-order chi connectivity index (χ0) is 13.8. The molecule has 0 atom stereocenters. The molecule has 1 aromatic carbocycles. The summed E-state index contributed by atoms with van der Waals surface area (Å²) < 4.78 is 15.0. The Morgan fingerprint density at radius 3 is 2.95 bits per heavy atom. The van der Waals surface area contributed by atoms with Gasteiger partial charge in [0.05, 0.1) is 11.4 Å². The molecule has 0 fully saturated rings. The molecule has 0 aliphatic heterocycles. The lowest BCUT2D eigenvalue weighted by molar-refractivity contribution is -0.125. The van der Waals surface area contributed by atoms with Gasteiger partial charge in [-0.3, -0.25) is 9.36 Å². The molecule has 2 rings (SSSR count). The first-order valence-corrected chi connectivity index (χ1v) is 6.69. The second-order valence-electron chi connectivity index (χ2n) is 4.14. The molecule has 1 amide bonds. The number of imidazole rings is 1. The molecular formula is C13H14FN3OS. The lowest BCUT2D eigenvalue weighted by atomic mass is 10.3. The summed E-state index contributed by atoms with van der Waals surface area (Å²) in [7, 11) is 3.42. The van der Waals surface area contributed by atoms with Gasteiger partial charge in [-0.15, -0.1) is 0 Å². The number of carbonyl (C=O) groups excluding carboxylic acids is 1. The Labute approximate surface area is 115 Å². The Morgan fingerprint density at radius 2 is 2.26 bits per heavy atom. The number of carbonyl (C=O) groups is 1. The summed E-state index contributed by atoms with van der Waals surface area (Å²) in [4.78, 5) is 17.3. The molecule has 0 spiro atoms. The molecule has 0 aliphatic rings. The van der Waals surface area contributed by atoms with Crippen LogP contribution in [0.1, 0.15) is 0 Å². The zero-order valence-corrected chi connectivity index (χ0v) is 11.5. The molecule has 4 nitrogen and oxygen atoms in total. The van der Waals surface area contributed by atoms with Crippen LogP contribution in [0.2, 0.25) is 0 Å². The van der Waals surface area contributed by atoms with E-state index in [0.29, 0.717) is 16.6 Å². The number of thioether (sulfide) groups is 1. The molecule has 0 saturated carbocycles. The second kappa shape index (κ2) is 5.88. The van der Waals surface area contributed by atoms with Crippen LogP contribution >= 0.6 is 11.8 Å². The summed E-state index contributed by atoms with van der Waals surface area (Å²) in [6.07, 6.45) is 3.38. The molecule has 6 heteroatoms. The number of nitrogens with zero attached hydrogens (tertiary/aromatic N) is 3. The SMILES string of the molecule is CN(C)C(=O)CSc1nccn1-c1cccc(F)c1. The minimum absolute atomic E-state index is 0.0128. The van der Waals surface area contributed by atoms with Gasteiger partial charge in [-0.1, -0.05) is 17.8 Å². The maximum absolute atomic E-state index is 13.2. The second-order valence-corrected chi connectivity index (χ2v) is 5.08. The Balaban J connectivity index is 2.16. The van der Waals surface area contributed by atoms with Gasteiger partial charge in [0.15, 0.2) is 5.16 Å². The van der Waals surface area contributed by atoms with Crippen molar-refractivity contribution >= 4 is 17.7 Å². The van der Waals surface area contributed by atoms with Gasteiger partial charge in [-0.25, -0.2) is 9.37 Å². The van der Waals surface area contributed by atoms with E-state index >= 15 is 0 Å². The van der Waals surface area contributed by atoms with Crippen molar-refractivity contribution < 1.29 is 9.18 Å². The zero-order valence-electron chi connectivity index (χ0n) is 10.7. The monoisotopic (exact) mass is 279 g/mol. The molecule has 0 aliphatic carbocycles. The minimum atomic E-state index is -0.300. The number of benzene rings is 1. The molecule has 1 aromatic heterocycles. The third-order valence-corrected chi connectivity index (χ3v) is 3.47. The Kier molecular flexibility index (Phi) is 4.21. The van der Waals surface area contributed by atoms with E-state index in [1.165, 1.54) is 28.8 Å². The highest BCUT2D eigenvalue weighted by molar-refractivity contribution is 7.99. The van der Waals surface area contributed by atoms with Crippen LogP contribution in [0, 0.1) is 5.82 Å². The van der Waals surface area contributed by atoms with Crippen molar-refractivity contribution in [1.82, 2.24) is 14.5 Å². The van der Waals surface area contributed by atoms with Crippen molar-refractivity contribution in [3.05, 3.63) is 42.5 Å². The van der Waals surface area contributed by atoms with E-state index in [0.717, 1.165) is 0 Å². The first kappa shape index (κ1) is 13.6. The average molecular weight is 279 g/mol. The number of aromatic nitrogens is 2. The van der Waals surface area contributed by atoms with Gasteiger partial charge in [0, 0.05) is 26.5 Å². The minimum Gasteiger partial charge on any atom is -0.348 e. The van der Waals surface area contributed by atoms with E-state index in [-0.39, 0.29) is 11.7 Å². The first-order valence-electron chi connectivity index (χ1n) is 5.70. The number of halogens is 1. The topological polar surface area (TPSA) is 38.1 Å². The third kappa shape index (κ3) is 3.35. The lowest BCUT2D eigenvalue weighted by Crippen LogP contribution is -2.23. The van der Waals surface area contributed by atoms with Crippen molar-refractivity contribution in [2.24, 2.45) is 0 Å². The fourth-order valence-corrected chi connectivity index (χ4v) is 2.43. The van der Waals surface area contributed by atoms with E-state index in [1.54, 1.807) is 43.2 Å². The lowest BCUT2D eigenvalue weighted by Gasteiger charge is -2.10. The summed E-state index contributed by atoms with van der Waals surface area (Å²) in [6.45, 7) is 0. The largest absolute Gasteiger partial charge is 0.348 e. The highest BCUT2D eigenvalue weighted by atomic mass is 32.2. The van der Waals surface area contributed by atoms with Crippen molar-refractivity contribution in [2.45, 2.75) is 5.16 Å². The first-order chi connectivity index (χ1) is 9.08. The molecular weight excluding hydrogens is 265 g/mol. The van der Waals surface area contributed by atoms with Gasteiger partial charge in [0.1, 0.15) is 5.82 Å². The number of rotatable bonds is 4. The predicted octanol–water partition coefficient (Wildman–Crippen LogP) is 2.19. The van der Waals surface area contributed by atoms with Crippen LogP contribution in [0.25, 0.3) is 5.69 Å². The van der Waals surface area contributed by atoms with Crippen LogP contribution in [0.4, 0.5) is 4.39 Å². The molecule has 0 bridgehead atoms. The van der Waals surface area contributed by atoms with Gasteiger partial charge < -0.3 is 4.90 Å². The summed E-state index contributed by atoms with van der Waals surface area (Å²) in [5, 5.41) is 0.667. The molecule has 2 aromatic rings.